The molecule has 1 aliphatic heterocycles. The van der Waals surface area contributed by atoms with Gasteiger partial charge in [0.25, 0.3) is 0 Å². The molecule has 1 aromatic heterocycles. The van der Waals surface area contributed by atoms with E-state index in [1.54, 1.807) is 23.6 Å². The highest BCUT2D eigenvalue weighted by Gasteiger charge is 2.36. The molecule has 0 aromatic carbocycles. The summed E-state index contributed by atoms with van der Waals surface area (Å²) < 4.78 is 27.6. The van der Waals surface area contributed by atoms with E-state index >= 15 is 0 Å². The van der Waals surface area contributed by atoms with Crippen molar-refractivity contribution in [3.8, 4) is 0 Å². The summed E-state index contributed by atoms with van der Waals surface area (Å²) in [6.07, 6.45) is 1.58. The van der Waals surface area contributed by atoms with E-state index in [4.69, 9.17) is 0 Å². The number of halogens is 1. The normalized spacial score (nSPS) is 24.6. The van der Waals surface area contributed by atoms with Crippen molar-refractivity contribution in [2.75, 3.05) is 25.5 Å². The van der Waals surface area contributed by atoms with E-state index in [1.807, 2.05) is 0 Å². The molecule has 2 atom stereocenters. The van der Waals surface area contributed by atoms with Crippen molar-refractivity contribution in [2.24, 2.45) is 11.8 Å². The van der Waals surface area contributed by atoms with Gasteiger partial charge in [0, 0.05) is 30.8 Å². The third-order valence-corrected chi connectivity index (χ3v) is 5.91. The quantitative estimate of drug-likeness (QED) is 0.909. The zero-order valence-electron chi connectivity index (χ0n) is 11.2. The van der Waals surface area contributed by atoms with Gasteiger partial charge in [-0.25, -0.2) is 13.4 Å². The molecule has 7 heteroatoms. The first kappa shape index (κ1) is 14.7. The summed E-state index contributed by atoms with van der Waals surface area (Å²) in [5.41, 5.74) is 0. The van der Waals surface area contributed by atoms with Crippen molar-refractivity contribution in [3.05, 3.63) is 16.7 Å². The highest BCUT2D eigenvalue weighted by atomic mass is 79.9. The van der Waals surface area contributed by atoms with Crippen molar-refractivity contribution in [1.82, 2.24) is 9.29 Å². The van der Waals surface area contributed by atoms with Gasteiger partial charge in [-0.1, -0.05) is 13.8 Å². The minimum Gasteiger partial charge on any atom is -0.372 e. The Morgan fingerprint density at radius 2 is 1.95 bits per heavy atom. The molecule has 106 valence electrons. The Morgan fingerprint density at radius 1 is 1.37 bits per heavy atom. The van der Waals surface area contributed by atoms with Crippen LogP contribution in [0.4, 0.5) is 5.82 Å². The molecule has 0 spiro atoms. The van der Waals surface area contributed by atoms with E-state index in [1.165, 1.54) is 0 Å². The maximum absolute atomic E-state index is 12.7. The van der Waals surface area contributed by atoms with E-state index < -0.39 is 10.0 Å². The number of pyridine rings is 1. The molecule has 1 N–H and O–H groups in total. The SMILES string of the molecule is CNc1ncc(Br)cc1S(=O)(=O)N1CC(C)C(C)C1. The smallest absolute Gasteiger partial charge is 0.246 e. The molecule has 0 bridgehead atoms. The Kier molecular flexibility index (Phi) is 4.17. The zero-order valence-corrected chi connectivity index (χ0v) is 13.6. The fourth-order valence-corrected chi connectivity index (χ4v) is 4.52. The summed E-state index contributed by atoms with van der Waals surface area (Å²) >= 11 is 3.28. The summed E-state index contributed by atoms with van der Waals surface area (Å²) in [5, 5.41) is 2.84. The lowest BCUT2D eigenvalue weighted by atomic mass is 10.0. The molecule has 2 unspecified atom stereocenters. The number of nitrogens with one attached hydrogen (secondary N) is 1. The molecule has 2 rings (SSSR count). The van der Waals surface area contributed by atoms with Gasteiger partial charge in [-0.2, -0.15) is 4.31 Å². The Hall–Kier alpha value is -0.660. The lowest BCUT2D eigenvalue weighted by Gasteiger charge is -2.18. The van der Waals surface area contributed by atoms with Gasteiger partial charge in [0.15, 0.2) is 0 Å². The summed E-state index contributed by atoms with van der Waals surface area (Å²) in [7, 11) is -1.82. The Labute approximate surface area is 122 Å². The Bertz CT molecular complexity index is 566. The zero-order chi connectivity index (χ0) is 14.2. The molecule has 1 aromatic rings. The summed E-state index contributed by atoms with van der Waals surface area (Å²) in [5.74, 6) is 1.15. The first-order chi connectivity index (χ1) is 8.86. The molecule has 0 amide bonds. The molecule has 1 saturated heterocycles. The molecule has 0 saturated carbocycles. The fourth-order valence-electron chi connectivity index (χ4n) is 2.22. The first-order valence-electron chi connectivity index (χ1n) is 6.19. The summed E-state index contributed by atoms with van der Waals surface area (Å²) in [4.78, 5) is 4.34. The largest absolute Gasteiger partial charge is 0.372 e. The van der Waals surface area contributed by atoms with Crippen molar-refractivity contribution in [1.29, 1.82) is 0 Å². The predicted octanol–water partition coefficient (Wildman–Crippen LogP) is 2.16. The van der Waals surface area contributed by atoms with Gasteiger partial charge in [0.2, 0.25) is 10.0 Å². The molecule has 2 heterocycles. The van der Waals surface area contributed by atoms with E-state index in [2.05, 4.69) is 40.1 Å². The van der Waals surface area contributed by atoms with Crippen LogP contribution >= 0.6 is 15.9 Å². The topological polar surface area (TPSA) is 62.3 Å². The molecule has 1 fully saturated rings. The second kappa shape index (κ2) is 5.38. The lowest BCUT2D eigenvalue weighted by molar-refractivity contribution is 0.463. The van der Waals surface area contributed by atoms with Crippen LogP contribution in [0.2, 0.25) is 0 Å². The van der Waals surface area contributed by atoms with Crippen LogP contribution in [-0.2, 0) is 10.0 Å². The average molecular weight is 348 g/mol. The van der Waals surface area contributed by atoms with E-state index in [-0.39, 0.29) is 4.90 Å². The van der Waals surface area contributed by atoms with E-state index in [0.29, 0.717) is 35.2 Å². The maximum atomic E-state index is 12.7. The molecule has 1 aliphatic rings. The van der Waals surface area contributed by atoms with Crippen LogP contribution in [0.15, 0.2) is 21.6 Å². The van der Waals surface area contributed by atoms with Gasteiger partial charge in [-0.3, -0.25) is 0 Å². The molecule has 19 heavy (non-hydrogen) atoms. The van der Waals surface area contributed by atoms with E-state index in [0.717, 1.165) is 0 Å². The standard InChI is InChI=1S/C12H18BrN3O2S/c1-8-6-16(7-9(8)2)19(17,18)11-4-10(13)5-15-12(11)14-3/h4-5,8-9H,6-7H2,1-3H3,(H,14,15). The van der Waals surface area contributed by atoms with Gasteiger partial charge >= 0.3 is 0 Å². The Morgan fingerprint density at radius 3 is 2.47 bits per heavy atom. The van der Waals surface area contributed by atoms with Gasteiger partial charge < -0.3 is 5.32 Å². The molecular formula is C12H18BrN3O2S. The lowest BCUT2D eigenvalue weighted by Crippen LogP contribution is -2.29. The van der Waals surface area contributed by atoms with Crippen LogP contribution < -0.4 is 5.32 Å². The van der Waals surface area contributed by atoms with Crippen molar-refractivity contribution >= 4 is 31.8 Å². The highest BCUT2D eigenvalue weighted by molar-refractivity contribution is 9.10. The van der Waals surface area contributed by atoms with E-state index in [9.17, 15) is 8.42 Å². The number of rotatable bonds is 3. The third-order valence-electron chi connectivity index (χ3n) is 3.63. The first-order valence-corrected chi connectivity index (χ1v) is 8.43. The van der Waals surface area contributed by atoms with Crippen LogP contribution in [0.3, 0.4) is 0 Å². The molecule has 5 nitrogen and oxygen atoms in total. The van der Waals surface area contributed by atoms with Gasteiger partial charge in [0.05, 0.1) is 0 Å². The second-order valence-corrected chi connectivity index (χ2v) is 7.85. The van der Waals surface area contributed by atoms with Crippen LogP contribution in [0.5, 0.6) is 0 Å². The number of aromatic nitrogens is 1. The van der Waals surface area contributed by atoms with Crippen LogP contribution in [0.25, 0.3) is 0 Å². The summed E-state index contributed by atoms with van der Waals surface area (Å²) in [6, 6.07) is 1.60. The Balaban J connectivity index is 2.43. The molecule has 0 aliphatic carbocycles. The number of anilines is 1. The minimum atomic E-state index is -3.49. The predicted molar refractivity (Wildman–Crippen MR) is 78.6 cm³/mol. The minimum absolute atomic E-state index is 0.227. The van der Waals surface area contributed by atoms with Crippen molar-refractivity contribution < 1.29 is 8.42 Å². The van der Waals surface area contributed by atoms with Crippen LogP contribution in [0, 0.1) is 11.8 Å². The number of hydrogen-bond acceptors (Lipinski definition) is 4. The molecule has 0 radical (unpaired) electrons. The fraction of sp³-hybridized carbons (Fsp3) is 0.583. The third kappa shape index (κ3) is 2.78. The number of hydrogen-bond donors (Lipinski definition) is 1. The van der Waals surface area contributed by atoms with Crippen molar-refractivity contribution in [2.45, 2.75) is 18.7 Å². The number of sulfonamides is 1. The van der Waals surface area contributed by atoms with Gasteiger partial charge in [-0.05, 0) is 33.8 Å². The monoisotopic (exact) mass is 347 g/mol. The summed E-state index contributed by atoms with van der Waals surface area (Å²) in [6.45, 7) is 5.30. The number of nitrogens with zero attached hydrogens (tertiary/aromatic N) is 2. The van der Waals surface area contributed by atoms with Gasteiger partial charge in [-0.15, -0.1) is 0 Å². The van der Waals surface area contributed by atoms with Gasteiger partial charge in [0.1, 0.15) is 10.7 Å². The molecular weight excluding hydrogens is 330 g/mol. The maximum Gasteiger partial charge on any atom is 0.246 e. The highest BCUT2D eigenvalue weighted by Crippen LogP contribution is 2.31. The van der Waals surface area contributed by atoms with Crippen LogP contribution in [0.1, 0.15) is 13.8 Å². The van der Waals surface area contributed by atoms with Crippen molar-refractivity contribution in [3.63, 3.8) is 0 Å². The second-order valence-electron chi connectivity index (χ2n) is 5.03. The average Bonchev–Trinajstić information content (AvgIpc) is 2.70. The van der Waals surface area contributed by atoms with Crippen LogP contribution in [-0.4, -0.2) is 37.8 Å².